The van der Waals surface area contributed by atoms with Crippen molar-refractivity contribution < 1.29 is 18.0 Å². The normalized spacial score (nSPS) is 11.5. The summed E-state index contributed by atoms with van der Waals surface area (Å²) in [6.45, 7) is 1.29. The van der Waals surface area contributed by atoms with Gasteiger partial charge in [-0.3, -0.25) is 4.79 Å². The lowest BCUT2D eigenvalue weighted by molar-refractivity contribution is -0.141. The minimum Gasteiger partial charge on any atom is -0.275 e. The maximum absolute atomic E-state index is 12.3. The number of carbonyl (C=O) groups excluding carboxylic acids is 1. The van der Waals surface area contributed by atoms with Crippen molar-refractivity contribution in [2.75, 3.05) is 0 Å². The van der Waals surface area contributed by atoms with Crippen molar-refractivity contribution in [1.82, 2.24) is 9.97 Å². The number of carbonyl (C=O) groups is 1. The number of aryl methyl sites for hydroxylation is 1. The predicted octanol–water partition coefficient (Wildman–Crippen LogP) is 2.18. The van der Waals surface area contributed by atoms with Crippen LogP contribution >= 0.6 is 11.6 Å². The SMILES string of the molecule is Cc1ncc(C(=O)Cl)c(C(F)(F)F)n1. The van der Waals surface area contributed by atoms with E-state index >= 15 is 0 Å². The fourth-order valence-corrected chi connectivity index (χ4v) is 0.968. The van der Waals surface area contributed by atoms with E-state index in [9.17, 15) is 18.0 Å². The molecule has 0 spiro atoms. The predicted molar refractivity (Wildman–Crippen MR) is 42.0 cm³/mol. The molecule has 14 heavy (non-hydrogen) atoms. The summed E-state index contributed by atoms with van der Waals surface area (Å²) in [5, 5.41) is -1.22. The molecule has 1 aromatic heterocycles. The van der Waals surface area contributed by atoms with E-state index in [1.54, 1.807) is 0 Å². The first kappa shape index (κ1) is 10.9. The van der Waals surface area contributed by atoms with Gasteiger partial charge in [-0.15, -0.1) is 0 Å². The Morgan fingerprint density at radius 3 is 2.50 bits per heavy atom. The van der Waals surface area contributed by atoms with Gasteiger partial charge in [-0.1, -0.05) is 0 Å². The topological polar surface area (TPSA) is 42.9 Å². The van der Waals surface area contributed by atoms with Gasteiger partial charge in [-0.05, 0) is 18.5 Å². The minimum absolute atomic E-state index is 0.0704. The number of hydrogen-bond donors (Lipinski definition) is 0. The van der Waals surface area contributed by atoms with Gasteiger partial charge in [0.25, 0.3) is 5.24 Å². The molecule has 0 saturated carbocycles. The van der Waals surface area contributed by atoms with Crippen LogP contribution in [0.25, 0.3) is 0 Å². The summed E-state index contributed by atoms with van der Waals surface area (Å²) in [7, 11) is 0. The van der Waals surface area contributed by atoms with Crippen LogP contribution in [0.3, 0.4) is 0 Å². The Hall–Kier alpha value is -1.17. The average Bonchev–Trinajstić information content (AvgIpc) is 2.01. The average molecular weight is 225 g/mol. The molecule has 0 aliphatic heterocycles. The molecule has 0 fully saturated rings. The molecule has 0 aliphatic rings. The van der Waals surface area contributed by atoms with Gasteiger partial charge in [0.1, 0.15) is 5.82 Å². The van der Waals surface area contributed by atoms with E-state index in [1.807, 2.05) is 0 Å². The zero-order chi connectivity index (χ0) is 10.9. The van der Waals surface area contributed by atoms with E-state index in [2.05, 4.69) is 9.97 Å². The molecule has 0 bridgehead atoms. The van der Waals surface area contributed by atoms with Crippen molar-refractivity contribution in [3.63, 3.8) is 0 Å². The first-order valence-electron chi connectivity index (χ1n) is 3.43. The molecule has 1 aromatic rings. The number of rotatable bonds is 1. The smallest absolute Gasteiger partial charge is 0.275 e. The molecule has 1 heterocycles. The van der Waals surface area contributed by atoms with Gasteiger partial charge in [0.05, 0.1) is 5.56 Å². The van der Waals surface area contributed by atoms with Crippen LogP contribution in [0.1, 0.15) is 21.9 Å². The molecule has 0 atom stereocenters. The van der Waals surface area contributed by atoms with E-state index in [-0.39, 0.29) is 5.82 Å². The molecular weight excluding hydrogens is 221 g/mol. The van der Waals surface area contributed by atoms with E-state index < -0.39 is 22.7 Å². The molecular formula is C7H4ClF3N2O. The standard InChI is InChI=1S/C7H4ClF3N2O/c1-3-12-2-4(6(8)14)5(13-3)7(9,10)11/h2H,1H3. The molecule has 1 rings (SSSR count). The Morgan fingerprint density at radius 2 is 2.07 bits per heavy atom. The van der Waals surface area contributed by atoms with Crippen LogP contribution in [0.5, 0.6) is 0 Å². The Morgan fingerprint density at radius 1 is 1.50 bits per heavy atom. The zero-order valence-corrected chi connectivity index (χ0v) is 7.65. The Labute approximate surface area is 81.9 Å². The van der Waals surface area contributed by atoms with Crippen molar-refractivity contribution in [2.24, 2.45) is 0 Å². The van der Waals surface area contributed by atoms with Gasteiger partial charge in [0.15, 0.2) is 5.69 Å². The fraction of sp³-hybridized carbons (Fsp3) is 0.286. The number of nitrogens with zero attached hydrogens (tertiary/aromatic N) is 2. The van der Waals surface area contributed by atoms with E-state index in [4.69, 9.17) is 11.6 Å². The largest absolute Gasteiger partial charge is 0.434 e. The highest BCUT2D eigenvalue weighted by Crippen LogP contribution is 2.30. The van der Waals surface area contributed by atoms with Crippen molar-refractivity contribution >= 4 is 16.8 Å². The van der Waals surface area contributed by atoms with Crippen molar-refractivity contribution in [2.45, 2.75) is 13.1 Å². The van der Waals surface area contributed by atoms with Crippen molar-refractivity contribution in [3.05, 3.63) is 23.3 Å². The quantitative estimate of drug-likeness (QED) is 0.687. The second-order valence-electron chi connectivity index (χ2n) is 2.45. The molecule has 0 unspecified atom stereocenters. The summed E-state index contributed by atoms with van der Waals surface area (Å²) in [5.74, 6) is -0.0704. The van der Waals surface area contributed by atoms with Crippen LogP contribution in [0.2, 0.25) is 0 Å². The zero-order valence-electron chi connectivity index (χ0n) is 6.89. The lowest BCUT2D eigenvalue weighted by Crippen LogP contribution is -2.15. The number of hydrogen-bond acceptors (Lipinski definition) is 3. The lowest BCUT2D eigenvalue weighted by Gasteiger charge is -2.08. The third-order valence-corrected chi connectivity index (χ3v) is 1.59. The molecule has 0 radical (unpaired) electrons. The molecule has 7 heteroatoms. The van der Waals surface area contributed by atoms with Gasteiger partial charge in [-0.2, -0.15) is 13.2 Å². The Balaban J connectivity index is 3.38. The summed E-state index contributed by atoms with van der Waals surface area (Å²) in [6.07, 6.45) is -3.94. The number of halogens is 4. The first-order chi connectivity index (χ1) is 6.32. The van der Waals surface area contributed by atoms with Crippen molar-refractivity contribution in [1.29, 1.82) is 0 Å². The molecule has 0 N–H and O–H groups in total. The van der Waals surface area contributed by atoms with Gasteiger partial charge >= 0.3 is 6.18 Å². The lowest BCUT2D eigenvalue weighted by atomic mass is 10.2. The molecule has 0 aliphatic carbocycles. The third-order valence-electron chi connectivity index (χ3n) is 1.39. The van der Waals surface area contributed by atoms with Crippen LogP contribution in [-0.2, 0) is 6.18 Å². The summed E-state index contributed by atoms with van der Waals surface area (Å²) < 4.78 is 36.9. The molecule has 3 nitrogen and oxygen atoms in total. The van der Waals surface area contributed by atoms with Crippen LogP contribution in [0, 0.1) is 6.92 Å². The summed E-state index contributed by atoms with van der Waals surface area (Å²) in [4.78, 5) is 17.2. The van der Waals surface area contributed by atoms with E-state index in [0.29, 0.717) is 0 Å². The van der Waals surface area contributed by atoms with Crippen LogP contribution in [0.15, 0.2) is 6.20 Å². The number of alkyl halides is 3. The van der Waals surface area contributed by atoms with E-state index in [1.165, 1.54) is 6.92 Å². The van der Waals surface area contributed by atoms with Gasteiger partial charge in [0, 0.05) is 6.20 Å². The summed E-state index contributed by atoms with van der Waals surface area (Å²) in [5.41, 5.74) is -2.03. The maximum atomic E-state index is 12.3. The highest BCUT2D eigenvalue weighted by Gasteiger charge is 2.37. The van der Waals surface area contributed by atoms with Gasteiger partial charge in [0.2, 0.25) is 0 Å². The highest BCUT2D eigenvalue weighted by molar-refractivity contribution is 6.67. The third kappa shape index (κ3) is 2.20. The molecule has 0 amide bonds. The first-order valence-corrected chi connectivity index (χ1v) is 3.81. The van der Waals surface area contributed by atoms with Crippen LogP contribution in [-0.4, -0.2) is 15.2 Å². The van der Waals surface area contributed by atoms with Crippen LogP contribution < -0.4 is 0 Å². The van der Waals surface area contributed by atoms with Gasteiger partial charge in [-0.25, -0.2) is 9.97 Å². The fourth-order valence-electron chi connectivity index (χ4n) is 0.830. The molecule has 0 saturated heterocycles. The minimum atomic E-state index is -4.70. The Kier molecular flexibility index (Phi) is 2.75. The van der Waals surface area contributed by atoms with Crippen LogP contribution in [0.4, 0.5) is 13.2 Å². The Bertz CT molecular complexity index is 378. The highest BCUT2D eigenvalue weighted by atomic mass is 35.5. The summed E-state index contributed by atoms with van der Waals surface area (Å²) >= 11 is 4.95. The summed E-state index contributed by atoms with van der Waals surface area (Å²) in [6, 6.07) is 0. The van der Waals surface area contributed by atoms with Crippen molar-refractivity contribution in [3.8, 4) is 0 Å². The maximum Gasteiger partial charge on any atom is 0.434 e. The second kappa shape index (κ2) is 3.53. The molecule has 0 aromatic carbocycles. The van der Waals surface area contributed by atoms with E-state index in [0.717, 1.165) is 6.20 Å². The number of aromatic nitrogens is 2. The molecule has 76 valence electrons. The monoisotopic (exact) mass is 224 g/mol. The van der Waals surface area contributed by atoms with Gasteiger partial charge < -0.3 is 0 Å². The second-order valence-corrected chi connectivity index (χ2v) is 2.79.